The van der Waals surface area contributed by atoms with Crippen LogP contribution in [0.5, 0.6) is 0 Å². The highest BCUT2D eigenvalue weighted by atomic mass is 19.1. The quantitative estimate of drug-likeness (QED) is 0.696. The molecule has 0 aliphatic carbocycles. The lowest BCUT2D eigenvalue weighted by Gasteiger charge is -2.25. The first-order valence-electron chi connectivity index (χ1n) is 9.12. The summed E-state index contributed by atoms with van der Waals surface area (Å²) in [5, 5.41) is 3.95. The Bertz CT molecular complexity index is 956. The van der Waals surface area contributed by atoms with Gasteiger partial charge in [-0.3, -0.25) is 9.78 Å². The van der Waals surface area contributed by atoms with Crippen molar-refractivity contribution in [2.45, 2.75) is 12.0 Å². The predicted octanol–water partition coefficient (Wildman–Crippen LogP) is 3.05. The molecule has 144 valence electrons. The Morgan fingerprint density at radius 3 is 2.64 bits per heavy atom. The fraction of sp³-hybridized carbons (Fsp3) is 0.286. The molecular weight excluding hydrogens is 359 g/mol. The van der Waals surface area contributed by atoms with Crippen molar-refractivity contribution in [3.05, 3.63) is 71.8 Å². The summed E-state index contributed by atoms with van der Waals surface area (Å²) in [6, 6.07) is 13.7. The van der Waals surface area contributed by atoms with Gasteiger partial charge in [-0.25, -0.2) is 4.39 Å². The van der Waals surface area contributed by atoms with E-state index in [2.05, 4.69) is 15.0 Å². The molecule has 0 bridgehead atoms. The Morgan fingerprint density at radius 1 is 1.18 bits per heavy atom. The van der Waals surface area contributed by atoms with Gasteiger partial charge in [-0.05, 0) is 43.9 Å². The van der Waals surface area contributed by atoms with Gasteiger partial charge in [-0.2, -0.15) is 0 Å². The number of rotatable bonds is 4. The van der Waals surface area contributed by atoms with Crippen molar-refractivity contribution in [3.63, 3.8) is 0 Å². The topological polar surface area (TPSA) is 62.5 Å². The first-order chi connectivity index (χ1) is 13.5. The van der Waals surface area contributed by atoms with Gasteiger partial charge in [-0.1, -0.05) is 23.4 Å². The molecule has 1 saturated heterocycles. The number of amides is 1. The zero-order valence-corrected chi connectivity index (χ0v) is 15.7. The molecule has 0 radical (unpaired) electrons. The first-order valence-corrected chi connectivity index (χ1v) is 9.12. The standard InChI is InChI=1S/C21H21FN4O2/c1-25(2)19-13-26(12-16(19)14-6-8-15(22)9-7-14)21(27)18-11-20(28-24-18)17-5-3-4-10-23-17/h3-11,16,19H,12-13H2,1-2H3/t16-,19+/m0/s1. The Kier molecular flexibility index (Phi) is 4.92. The molecule has 0 spiro atoms. The van der Waals surface area contributed by atoms with Gasteiger partial charge in [0, 0.05) is 37.3 Å². The zero-order valence-electron chi connectivity index (χ0n) is 15.7. The number of likely N-dealkylation sites (N-methyl/N-ethyl adjacent to an activating group) is 1. The number of hydrogen-bond acceptors (Lipinski definition) is 5. The van der Waals surface area contributed by atoms with E-state index < -0.39 is 0 Å². The maximum atomic E-state index is 13.3. The van der Waals surface area contributed by atoms with Crippen molar-refractivity contribution in [3.8, 4) is 11.5 Å². The molecule has 0 N–H and O–H groups in total. The normalized spacial score (nSPS) is 19.4. The summed E-state index contributed by atoms with van der Waals surface area (Å²) < 4.78 is 18.6. The third kappa shape index (κ3) is 3.53. The summed E-state index contributed by atoms with van der Waals surface area (Å²) in [5.74, 6) is 0.118. The van der Waals surface area contributed by atoms with Crippen molar-refractivity contribution in [2.24, 2.45) is 0 Å². The Morgan fingerprint density at radius 2 is 1.96 bits per heavy atom. The third-order valence-corrected chi connectivity index (χ3v) is 5.18. The monoisotopic (exact) mass is 380 g/mol. The SMILES string of the molecule is CN(C)[C@@H]1CN(C(=O)c2cc(-c3ccccn3)on2)C[C@H]1c1ccc(F)cc1. The van der Waals surface area contributed by atoms with Crippen LogP contribution < -0.4 is 0 Å². The number of carbonyl (C=O) groups is 1. The van der Waals surface area contributed by atoms with Gasteiger partial charge in [0.2, 0.25) is 0 Å². The largest absolute Gasteiger partial charge is 0.354 e. The van der Waals surface area contributed by atoms with E-state index in [0.717, 1.165) is 5.56 Å². The molecule has 2 aromatic heterocycles. The van der Waals surface area contributed by atoms with Gasteiger partial charge < -0.3 is 14.3 Å². The van der Waals surface area contributed by atoms with Gasteiger partial charge in [0.05, 0.1) is 0 Å². The highest BCUT2D eigenvalue weighted by Crippen LogP contribution is 2.31. The molecule has 3 aromatic rings. The van der Waals surface area contributed by atoms with Crippen molar-refractivity contribution < 1.29 is 13.7 Å². The molecule has 0 unspecified atom stereocenters. The summed E-state index contributed by atoms with van der Waals surface area (Å²) in [6.45, 7) is 1.11. The van der Waals surface area contributed by atoms with Crippen LogP contribution in [0.3, 0.4) is 0 Å². The summed E-state index contributed by atoms with van der Waals surface area (Å²) in [4.78, 5) is 21.1. The summed E-state index contributed by atoms with van der Waals surface area (Å²) in [6.07, 6.45) is 1.66. The van der Waals surface area contributed by atoms with Crippen LogP contribution in [0.4, 0.5) is 4.39 Å². The van der Waals surface area contributed by atoms with E-state index in [0.29, 0.717) is 24.5 Å². The van der Waals surface area contributed by atoms with E-state index in [1.165, 1.54) is 12.1 Å². The minimum Gasteiger partial charge on any atom is -0.354 e. The maximum Gasteiger partial charge on any atom is 0.276 e. The van der Waals surface area contributed by atoms with Crippen molar-refractivity contribution in [2.75, 3.05) is 27.2 Å². The second kappa shape index (κ2) is 7.52. The first kappa shape index (κ1) is 18.3. The molecule has 6 nitrogen and oxygen atoms in total. The van der Waals surface area contributed by atoms with Crippen LogP contribution in [-0.2, 0) is 0 Å². The summed E-state index contributed by atoms with van der Waals surface area (Å²) >= 11 is 0. The van der Waals surface area contributed by atoms with E-state index in [9.17, 15) is 9.18 Å². The zero-order chi connectivity index (χ0) is 19.7. The van der Waals surface area contributed by atoms with Gasteiger partial charge in [-0.15, -0.1) is 0 Å². The second-order valence-corrected chi connectivity index (χ2v) is 7.19. The maximum absolute atomic E-state index is 13.3. The molecule has 1 fully saturated rings. The highest BCUT2D eigenvalue weighted by molar-refractivity contribution is 5.93. The van der Waals surface area contributed by atoms with Crippen LogP contribution in [0.15, 0.2) is 59.3 Å². The molecule has 1 aliphatic rings. The van der Waals surface area contributed by atoms with E-state index in [1.807, 2.05) is 26.2 Å². The Balaban J connectivity index is 1.55. The fourth-order valence-corrected chi connectivity index (χ4v) is 3.68. The van der Waals surface area contributed by atoms with Crippen LogP contribution in [0.1, 0.15) is 22.0 Å². The van der Waals surface area contributed by atoms with Crippen LogP contribution in [-0.4, -0.2) is 59.1 Å². The molecule has 28 heavy (non-hydrogen) atoms. The predicted molar refractivity (Wildman–Crippen MR) is 102 cm³/mol. The number of halogens is 1. The number of likely N-dealkylation sites (tertiary alicyclic amines) is 1. The van der Waals surface area contributed by atoms with Crippen LogP contribution in [0.25, 0.3) is 11.5 Å². The van der Waals surface area contributed by atoms with Gasteiger partial charge in [0.25, 0.3) is 5.91 Å². The number of aromatic nitrogens is 2. The van der Waals surface area contributed by atoms with Gasteiger partial charge in [0.15, 0.2) is 11.5 Å². The lowest BCUT2D eigenvalue weighted by molar-refractivity contribution is 0.0772. The van der Waals surface area contributed by atoms with Crippen molar-refractivity contribution >= 4 is 5.91 Å². The van der Waals surface area contributed by atoms with Crippen molar-refractivity contribution in [1.29, 1.82) is 0 Å². The average Bonchev–Trinajstić information content (AvgIpc) is 3.37. The van der Waals surface area contributed by atoms with E-state index in [4.69, 9.17) is 4.52 Å². The van der Waals surface area contributed by atoms with Gasteiger partial charge in [0.1, 0.15) is 11.5 Å². The molecule has 2 atom stereocenters. The van der Waals surface area contributed by atoms with E-state index in [1.54, 1.807) is 35.4 Å². The molecular formula is C21H21FN4O2. The minimum atomic E-state index is -0.263. The number of benzene rings is 1. The van der Waals surface area contributed by atoms with Crippen molar-refractivity contribution in [1.82, 2.24) is 19.9 Å². The Hall–Kier alpha value is -3.06. The summed E-state index contributed by atoms with van der Waals surface area (Å²) in [7, 11) is 3.98. The molecule has 1 amide bonds. The number of pyridine rings is 1. The van der Waals surface area contributed by atoms with E-state index in [-0.39, 0.29) is 29.4 Å². The average molecular weight is 380 g/mol. The summed E-state index contributed by atoms with van der Waals surface area (Å²) in [5.41, 5.74) is 1.91. The molecule has 3 heterocycles. The Labute approximate surface area is 162 Å². The highest BCUT2D eigenvalue weighted by Gasteiger charge is 2.38. The lowest BCUT2D eigenvalue weighted by Crippen LogP contribution is -2.35. The molecule has 7 heteroatoms. The number of hydrogen-bond donors (Lipinski definition) is 0. The van der Waals surface area contributed by atoms with Gasteiger partial charge >= 0.3 is 0 Å². The van der Waals surface area contributed by atoms with Crippen LogP contribution >= 0.6 is 0 Å². The lowest BCUT2D eigenvalue weighted by atomic mass is 9.94. The van der Waals surface area contributed by atoms with Crippen LogP contribution in [0, 0.1) is 5.82 Å². The van der Waals surface area contributed by atoms with E-state index >= 15 is 0 Å². The second-order valence-electron chi connectivity index (χ2n) is 7.19. The third-order valence-electron chi connectivity index (χ3n) is 5.18. The smallest absolute Gasteiger partial charge is 0.276 e. The minimum absolute atomic E-state index is 0.0988. The molecule has 4 rings (SSSR count). The molecule has 1 aromatic carbocycles. The molecule has 0 saturated carbocycles. The van der Waals surface area contributed by atoms with Crippen LogP contribution in [0.2, 0.25) is 0 Å². The number of nitrogens with zero attached hydrogens (tertiary/aromatic N) is 4. The fourth-order valence-electron chi connectivity index (χ4n) is 3.68. The number of carbonyl (C=O) groups excluding carboxylic acids is 1. The molecule has 1 aliphatic heterocycles.